The van der Waals surface area contributed by atoms with Crippen LogP contribution >= 0.6 is 0 Å². The third kappa shape index (κ3) is 5.13. The summed E-state index contributed by atoms with van der Waals surface area (Å²) in [6.45, 7) is 8.92. The van der Waals surface area contributed by atoms with Crippen LogP contribution in [0.1, 0.15) is 32.8 Å². The zero-order chi connectivity index (χ0) is 16.9. The summed E-state index contributed by atoms with van der Waals surface area (Å²) in [5.41, 5.74) is 1.32. The quantitative estimate of drug-likeness (QED) is 0.819. The highest BCUT2D eigenvalue weighted by atomic mass is 16.5. The summed E-state index contributed by atoms with van der Waals surface area (Å²) in [5.74, 6) is 1.05. The van der Waals surface area contributed by atoms with Gasteiger partial charge < -0.3 is 20.1 Å². The molecule has 1 aliphatic heterocycles. The minimum absolute atomic E-state index is 0.0759. The Hall–Kier alpha value is -1.75. The van der Waals surface area contributed by atoms with Gasteiger partial charge in [-0.1, -0.05) is 32.9 Å². The first kappa shape index (κ1) is 17.6. The molecule has 2 N–H and O–H groups in total. The highest BCUT2D eigenvalue weighted by Crippen LogP contribution is 2.25. The first-order valence-corrected chi connectivity index (χ1v) is 8.27. The van der Waals surface area contributed by atoms with Gasteiger partial charge in [-0.2, -0.15) is 0 Å². The zero-order valence-electron chi connectivity index (χ0n) is 14.3. The van der Waals surface area contributed by atoms with E-state index in [1.165, 1.54) is 5.56 Å². The van der Waals surface area contributed by atoms with Crippen LogP contribution in [0.4, 0.5) is 4.79 Å². The van der Waals surface area contributed by atoms with Gasteiger partial charge in [0.1, 0.15) is 12.4 Å². The second-order valence-corrected chi connectivity index (χ2v) is 7.14. The molecule has 2 amide bonds. The van der Waals surface area contributed by atoms with E-state index in [0.29, 0.717) is 26.2 Å². The predicted octanol–water partition coefficient (Wildman–Crippen LogP) is 2.39. The lowest BCUT2D eigenvalue weighted by Crippen LogP contribution is -2.40. The molecule has 23 heavy (non-hydrogen) atoms. The molecule has 1 aromatic rings. The molecule has 5 nitrogen and oxygen atoms in total. The van der Waals surface area contributed by atoms with Gasteiger partial charge in [-0.15, -0.1) is 0 Å². The van der Waals surface area contributed by atoms with Crippen molar-refractivity contribution in [3.8, 4) is 5.75 Å². The molecule has 0 saturated carbocycles. The fourth-order valence-corrected chi connectivity index (χ4v) is 2.66. The topological polar surface area (TPSA) is 61.8 Å². The standard InChI is InChI=1S/C18H28N2O3/c1-18(2,3)15-5-4-6-16(11-15)23-10-8-19-17(22)20-9-7-14(12-20)13-21/h4-6,11,14,21H,7-10,12-13H2,1-3H3,(H,19,22). The SMILES string of the molecule is CC(C)(C)c1cccc(OCCNC(=O)N2CCC(CO)C2)c1. The summed E-state index contributed by atoms with van der Waals surface area (Å²) < 4.78 is 5.72. The van der Waals surface area contributed by atoms with E-state index >= 15 is 0 Å². The smallest absolute Gasteiger partial charge is 0.317 e. The predicted molar refractivity (Wildman–Crippen MR) is 90.8 cm³/mol. The van der Waals surface area contributed by atoms with Crippen LogP contribution in [0, 0.1) is 5.92 Å². The fraction of sp³-hybridized carbons (Fsp3) is 0.611. The number of nitrogens with one attached hydrogen (secondary N) is 1. The Labute approximate surface area is 138 Å². The summed E-state index contributed by atoms with van der Waals surface area (Å²) in [6.07, 6.45) is 0.875. The number of carbonyl (C=O) groups is 1. The van der Waals surface area contributed by atoms with Crippen molar-refractivity contribution in [1.29, 1.82) is 0 Å². The number of amides is 2. The van der Waals surface area contributed by atoms with E-state index < -0.39 is 0 Å². The van der Waals surface area contributed by atoms with Crippen molar-refractivity contribution in [2.24, 2.45) is 5.92 Å². The average Bonchev–Trinajstić information content (AvgIpc) is 3.00. The fourth-order valence-electron chi connectivity index (χ4n) is 2.66. The van der Waals surface area contributed by atoms with Gasteiger partial charge in [0.25, 0.3) is 0 Å². The monoisotopic (exact) mass is 320 g/mol. The van der Waals surface area contributed by atoms with Gasteiger partial charge in [-0.25, -0.2) is 4.79 Å². The Bertz CT molecular complexity index is 525. The van der Waals surface area contributed by atoms with E-state index in [-0.39, 0.29) is 24.0 Å². The van der Waals surface area contributed by atoms with Gasteiger partial charge in [0.15, 0.2) is 0 Å². The molecular weight excluding hydrogens is 292 g/mol. The van der Waals surface area contributed by atoms with Crippen LogP contribution in [0.5, 0.6) is 5.75 Å². The molecule has 0 bridgehead atoms. The van der Waals surface area contributed by atoms with Crippen molar-refractivity contribution < 1.29 is 14.6 Å². The third-order valence-corrected chi connectivity index (χ3v) is 4.18. The van der Waals surface area contributed by atoms with Crippen molar-refractivity contribution in [2.45, 2.75) is 32.6 Å². The molecule has 1 saturated heterocycles. The lowest BCUT2D eigenvalue weighted by Gasteiger charge is -2.20. The molecule has 0 aliphatic carbocycles. The molecule has 128 valence electrons. The number of aliphatic hydroxyl groups is 1. The second-order valence-electron chi connectivity index (χ2n) is 7.14. The molecule has 1 heterocycles. The number of nitrogens with zero attached hydrogens (tertiary/aromatic N) is 1. The lowest BCUT2D eigenvalue weighted by atomic mass is 9.87. The van der Waals surface area contributed by atoms with E-state index in [0.717, 1.165) is 12.2 Å². The molecule has 1 atom stereocenters. The first-order valence-electron chi connectivity index (χ1n) is 8.27. The van der Waals surface area contributed by atoms with E-state index in [9.17, 15) is 4.79 Å². The van der Waals surface area contributed by atoms with Gasteiger partial charge >= 0.3 is 6.03 Å². The average molecular weight is 320 g/mol. The minimum atomic E-state index is -0.0759. The summed E-state index contributed by atoms with van der Waals surface area (Å²) in [7, 11) is 0. The first-order chi connectivity index (χ1) is 10.9. The number of likely N-dealkylation sites (tertiary alicyclic amines) is 1. The second kappa shape index (κ2) is 7.68. The molecule has 1 unspecified atom stereocenters. The van der Waals surface area contributed by atoms with Crippen LogP contribution in [-0.4, -0.2) is 48.9 Å². The molecular formula is C18H28N2O3. The zero-order valence-corrected chi connectivity index (χ0v) is 14.3. The molecule has 1 fully saturated rings. The van der Waals surface area contributed by atoms with Crippen molar-refractivity contribution >= 4 is 6.03 Å². The van der Waals surface area contributed by atoms with E-state index in [2.05, 4.69) is 32.2 Å². The molecule has 1 aromatic carbocycles. The van der Waals surface area contributed by atoms with Gasteiger partial charge in [-0.3, -0.25) is 0 Å². The van der Waals surface area contributed by atoms with Crippen LogP contribution in [0.15, 0.2) is 24.3 Å². The Morgan fingerprint density at radius 3 is 2.87 bits per heavy atom. The van der Waals surface area contributed by atoms with Crippen LogP contribution in [0.3, 0.4) is 0 Å². The number of aliphatic hydroxyl groups excluding tert-OH is 1. The van der Waals surface area contributed by atoms with Gasteiger partial charge in [0.05, 0.1) is 6.54 Å². The number of carbonyl (C=O) groups excluding carboxylic acids is 1. The highest BCUT2D eigenvalue weighted by molar-refractivity contribution is 5.74. The molecule has 1 aliphatic rings. The van der Waals surface area contributed by atoms with Crippen molar-refractivity contribution in [2.75, 3.05) is 32.8 Å². The largest absolute Gasteiger partial charge is 0.492 e. The Morgan fingerprint density at radius 1 is 1.43 bits per heavy atom. The highest BCUT2D eigenvalue weighted by Gasteiger charge is 2.25. The normalized spacial score (nSPS) is 18.1. The van der Waals surface area contributed by atoms with Crippen molar-refractivity contribution in [1.82, 2.24) is 10.2 Å². The molecule has 0 spiro atoms. The van der Waals surface area contributed by atoms with Gasteiger partial charge in [0, 0.05) is 25.6 Å². The maximum absolute atomic E-state index is 12.0. The van der Waals surface area contributed by atoms with Crippen LogP contribution in [0.25, 0.3) is 0 Å². The van der Waals surface area contributed by atoms with Crippen LogP contribution in [0.2, 0.25) is 0 Å². The Balaban J connectivity index is 1.72. The van der Waals surface area contributed by atoms with E-state index in [1.54, 1.807) is 4.90 Å². The van der Waals surface area contributed by atoms with E-state index in [4.69, 9.17) is 9.84 Å². The van der Waals surface area contributed by atoms with Gasteiger partial charge in [0.2, 0.25) is 0 Å². The minimum Gasteiger partial charge on any atom is -0.492 e. The Morgan fingerprint density at radius 2 is 2.22 bits per heavy atom. The number of benzene rings is 1. The molecule has 5 heteroatoms. The van der Waals surface area contributed by atoms with Crippen LogP contribution in [-0.2, 0) is 5.41 Å². The summed E-state index contributed by atoms with van der Waals surface area (Å²) >= 11 is 0. The maximum atomic E-state index is 12.0. The number of hydrogen-bond donors (Lipinski definition) is 2. The van der Waals surface area contributed by atoms with Crippen molar-refractivity contribution in [3.63, 3.8) is 0 Å². The number of rotatable bonds is 5. The number of hydrogen-bond acceptors (Lipinski definition) is 3. The third-order valence-electron chi connectivity index (χ3n) is 4.18. The van der Waals surface area contributed by atoms with Crippen molar-refractivity contribution in [3.05, 3.63) is 29.8 Å². The summed E-state index contributed by atoms with van der Waals surface area (Å²) in [4.78, 5) is 13.7. The Kier molecular flexibility index (Phi) is 5.88. The maximum Gasteiger partial charge on any atom is 0.317 e. The van der Waals surface area contributed by atoms with E-state index in [1.807, 2.05) is 18.2 Å². The number of ether oxygens (including phenoxy) is 1. The molecule has 0 radical (unpaired) electrons. The van der Waals surface area contributed by atoms with Gasteiger partial charge in [-0.05, 0) is 29.5 Å². The number of urea groups is 1. The lowest BCUT2D eigenvalue weighted by molar-refractivity contribution is 0.195. The van der Waals surface area contributed by atoms with Crippen LogP contribution < -0.4 is 10.1 Å². The molecule has 2 rings (SSSR count). The summed E-state index contributed by atoms with van der Waals surface area (Å²) in [5, 5.41) is 12.0. The summed E-state index contributed by atoms with van der Waals surface area (Å²) in [6, 6.07) is 8.00. The molecule has 0 aromatic heterocycles.